The topological polar surface area (TPSA) is 57.5 Å². The first kappa shape index (κ1) is 18.0. The lowest BCUT2D eigenvalue weighted by Crippen LogP contribution is -2.35. The molecular formula is C17H22Br2O3. The molecule has 2 fully saturated rings. The Kier molecular flexibility index (Phi) is 5.10. The molecule has 22 heavy (non-hydrogen) atoms. The van der Waals surface area contributed by atoms with Gasteiger partial charge in [0.2, 0.25) is 0 Å². The Morgan fingerprint density at radius 2 is 1.73 bits per heavy atom. The van der Waals surface area contributed by atoms with Crippen molar-refractivity contribution in [2.24, 2.45) is 16.7 Å². The molecular weight excluding hydrogens is 412 g/mol. The zero-order valence-electron chi connectivity index (χ0n) is 13.1. The first-order valence-corrected chi connectivity index (χ1v) is 9.04. The fraction of sp³-hybridized carbons (Fsp3) is 0.588. The molecule has 0 radical (unpaired) electrons. The van der Waals surface area contributed by atoms with Gasteiger partial charge in [0.15, 0.2) is 0 Å². The lowest BCUT2D eigenvalue weighted by Gasteiger charge is -2.36. The molecule has 2 bridgehead atoms. The van der Waals surface area contributed by atoms with Gasteiger partial charge in [0, 0.05) is 8.95 Å². The van der Waals surface area contributed by atoms with Gasteiger partial charge in [-0.1, -0.05) is 52.6 Å². The minimum atomic E-state index is -0.924. The summed E-state index contributed by atoms with van der Waals surface area (Å²) in [6.07, 6.45) is 3.58. The Balaban J connectivity index is 0.000000160. The number of carboxylic acid groups (broad SMARTS) is 1. The van der Waals surface area contributed by atoms with Crippen molar-refractivity contribution >= 4 is 37.8 Å². The second-order valence-corrected chi connectivity index (χ2v) is 8.92. The molecule has 1 aromatic carbocycles. The molecule has 0 heterocycles. The Morgan fingerprint density at radius 1 is 1.18 bits per heavy atom. The third-order valence-corrected chi connectivity index (χ3v) is 6.77. The number of carboxylic acids is 1. The molecule has 3 nitrogen and oxygen atoms in total. The number of rotatable bonds is 1. The lowest BCUT2D eigenvalue weighted by molar-refractivity contribution is 0.0126. The standard InChI is InChI=1S/C10H18O.C7H4Br2O2/c1-9(2)7-4-5-10(9,3)8(11)6-7;8-5-1-4(7(10)11)2-6(9)3-5/h7-8,11H,4-6H2,1-3H3;1-3H,(H,10,11)/t7-,8+,10-;/m1./s1. The van der Waals surface area contributed by atoms with Crippen LogP contribution in [0.5, 0.6) is 0 Å². The van der Waals surface area contributed by atoms with Crippen molar-refractivity contribution in [1.29, 1.82) is 0 Å². The molecule has 0 aliphatic heterocycles. The lowest BCUT2D eigenvalue weighted by atomic mass is 9.70. The number of carbonyl (C=O) groups is 1. The van der Waals surface area contributed by atoms with Crippen LogP contribution in [0.1, 0.15) is 50.4 Å². The molecule has 122 valence electrons. The normalized spacial score (nSPS) is 31.5. The number of halogens is 2. The third kappa shape index (κ3) is 3.13. The van der Waals surface area contributed by atoms with E-state index >= 15 is 0 Å². The van der Waals surface area contributed by atoms with Crippen molar-refractivity contribution in [3.05, 3.63) is 32.7 Å². The first-order chi connectivity index (χ1) is 10.1. The van der Waals surface area contributed by atoms with Crippen molar-refractivity contribution in [3.63, 3.8) is 0 Å². The SMILES string of the molecule is CC1(C)[C@@H]2CC[C@]1(C)[C@@H](O)C2.O=C(O)c1cc(Br)cc(Br)c1. The van der Waals surface area contributed by atoms with Gasteiger partial charge in [-0.3, -0.25) is 0 Å². The maximum Gasteiger partial charge on any atom is 0.335 e. The van der Waals surface area contributed by atoms with E-state index in [0.29, 0.717) is 5.41 Å². The number of hydrogen-bond acceptors (Lipinski definition) is 2. The molecule has 1 aromatic rings. The van der Waals surface area contributed by atoms with Gasteiger partial charge in [0.1, 0.15) is 0 Å². The Labute approximate surface area is 148 Å². The molecule has 0 spiro atoms. The van der Waals surface area contributed by atoms with Crippen molar-refractivity contribution in [3.8, 4) is 0 Å². The van der Waals surface area contributed by atoms with Gasteiger partial charge in [-0.15, -0.1) is 0 Å². The van der Waals surface area contributed by atoms with Crippen LogP contribution >= 0.6 is 31.9 Å². The van der Waals surface area contributed by atoms with E-state index in [4.69, 9.17) is 5.11 Å². The predicted octanol–water partition coefficient (Wildman–Crippen LogP) is 5.10. The van der Waals surface area contributed by atoms with Crippen LogP contribution in [0.15, 0.2) is 27.1 Å². The Hall–Kier alpha value is -0.390. The van der Waals surface area contributed by atoms with Crippen LogP contribution in [-0.2, 0) is 0 Å². The molecule has 0 amide bonds. The van der Waals surface area contributed by atoms with Crippen LogP contribution in [0.2, 0.25) is 0 Å². The third-order valence-electron chi connectivity index (χ3n) is 5.86. The highest BCUT2D eigenvalue weighted by Gasteiger charge is 2.60. The summed E-state index contributed by atoms with van der Waals surface area (Å²) in [5.74, 6) is -0.144. The smallest absolute Gasteiger partial charge is 0.335 e. The van der Waals surface area contributed by atoms with Gasteiger partial charge in [0.05, 0.1) is 11.7 Å². The van der Waals surface area contributed by atoms with Crippen LogP contribution in [-0.4, -0.2) is 22.3 Å². The van der Waals surface area contributed by atoms with Crippen molar-refractivity contribution < 1.29 is 15.0 Å². The van der Waals surface area contributed by atoms with Crippen LogP contribution in [0, 0.1) is 16.7 Å². The number of benzene rings is 1. The summed E-state index contributed by atoms with van der Waals surface area (Å²) in [7, 11) is 0. The highest BCUT2D eigenvalue weighted by molar-refractivity contribution is 9.11. The van der Waals surface area contributed by atoms with Crippen molar-refractivity contribution in [2.45, 2.75) is 46.1 Å². The molecule has 2 aliphatic rings. The van der Waals surface area contributed by atoms with Gasteiger partial charge >= 0.3 is 5.97 Å². The van der Waals surface area contributed by atoms with E-state index in [2.05, 4.69) is 52.6 Å². The maximum absolute atomic E-state index is 10.5. The Bertz CT molecular complexity index is 565. The predicted molar refractivity (Wildman–Crippen MR) is 94.0 cm³/mol. The van der Waals surface area contributed by atoms with Gasteiger partial charge in [-0.05, 0) is 54.2 Å². The quantitative estimate of drug-likeness (QED) is 0.647. The van der Waals surface area contributed by atoms with Crippen LogP contribution in [0.25, 0.3) is 0 Å². The number of hydrogen-bond donors (Lipinski definition) is 2. The average Bonchev–Trinajstić information content (AvgIpc) is 2.71. The molecule has 0 unspecified atom stereocenters. The largest absolute Gasteiger partial charge is 0.478 e. The summed E-state index contributed by atoms with van der Waals surface area (Å²) in [5, 5.41) is 18.4. The van der Waals surface area contributed by atoms with Gasteiger partial charge in [-0.2, -0.15) is 0 Å². The summed E-state index contributed by atoms with van der Waals surface area (Å²) < 4.78 is 1.51. The summed E-state index contributed by atoms with van der Waals surface area (Å²) >= 11 is 6.38. The molecule has 3 atom stereocenters. The summed E-state index contributed by atoms with van der Waals surface area (Å²) in [5.41, 5.74) is 0.871. The summed E-state index contributed by atoms with van der Waals surface area (Å²) in [4.78, 5) is 10.5. The van der Waals surface area contributed by atoms with Gasteiger partial charge in [0.25, 0.3) is 0 Å². The highest BCUT2D eigenvalue weighted by atomic mass is 79.9. The second-order valence-electron chi connectivity index (χ2n) is 7.09. The molecule has 5 heteroatoms. The molecule has 0 aromatic heterocycles. The minimum Gasteiger partial charge on any atom is -0.478 e. The van der Waals surface area contributed by atoms with E-state index in [1.165, 1.54) is 12.8 Å². The van der Waals surface area contributed by atoms with E-state index in [1.807, 2.05) is 0 Å². The minimum absolute atomic E-state index is 0.0313. The molecule has 2 aliphatic carbocycles. The number of aliphatic hydroxyl groups is 1. The van der Waals surface area contributed by atoms with Crippen LogP contribution < -0.4 is 0 Å². The zero-order chi connectivity index (χ0) is 16.7. The van der Waals surface area contributed by atoms with E-state index in [-0.39, 0.29) is 17.1 Å². The van der Waals surface area contributed by atoms with Gasteiger partial charge in [-0.25, -0.2) is 4.79 Å². The summed E-state index contributed by atoms with van der Waals surface area (Å²) in [6, 6.07) is 4.88. The highest BCUT2D eigenvalue weighted by Crippen LogP contribution is 2.65. The van der Waals surface area contributed by atoms with Crippen molar-refractivity contribution in [1.82, 2.24) is 0 Å². The average molecular weight is 434 g/mol. The fourth-order valence-electron chi connectivity index (χ4n) is 3.84. The maximum atomic E-state index is 10.5. The zero-order valence-corrected chi connectivity index (χ0v) is 16.2. The summed E-state index contributed by atoms with van der Waals surface area (Å²) in [6.45, 7) is 6.90. The van der Waals surface area contributed by atoms with Gasteiger partial charge < -0.3 is 10.2 Å². The fourth-order valence-corrected chi connectivity index (χ4v) is 5.13. The first-order valence-electron chi connectivity index (χ1n) is 7.45. The molecule has 0 saturated heterocycles. The number of fused-ring (bicyclic) bond motifs is 2. The van der Waals surface area contributed by atoms with Crippen LogP contribution in [0.4, 0.5) is 0 Å². The molecule has 3 rings (SSSR count). The monoisotopic (exact) mass is 432 g/mol. The second kappa shape index (κ2) is 6.25. The van der Waals surface area contributed by atoms with E-state index in [1.54, 1.807) is 18.2 Å². The van der Waals surface area contributed by atoms with Crippen LogP contribution in [0.3, 0.4) is 0 Å². The number of aliphatic hydroxyl groups excluding tert-OH is 1. The van der Waals surface area contributed by atoms with E-state index in [0.717, 1.165) is 21.3 Å². The van der Waals surface area contributed by atoms with Crippen molar-refractivity contribution in [2.75, 3.05) is 0 Å². The Morgan fingerprint density at radius 3 is 2.00 bits per heavy atom. The molecule has 2 saturated carbocycles. The van der Waals surface area contributed by atoms with E-state index in [9.17, 15) is 9.90 Å². The number of aromatic carboxylic acids is 1. The molecule has 2 N–H and O–H groups in total. The van der Waals surface area contributed by atoms with E-state index < -0.39 is 5.97 Å².